The largest absolute Gasteiger partial charge is 0.463 e. The zero-order valence-electron chi connectivity index (χ0n) is 16.1. The van der Waals surface area contributed by atoms with Crippen LogP contribution in [0.25, 0.3) is 0 Å². The Morgan fingerprint density at radius 2 is 1.52 bits per heavy atom. The van der Waals surface area contributed by atoms with Crippen molar-refractivity contribution in [3.05, 3.63) is 24.8 Å². The van der Waals surface area contributed by atoms with E-state index in [1.165, 1.54) is 23.7 Å². The predicted molar refractivity (Wildman–Crippen MR) is 99.9 cm³/mol. The Hall–Kier alpha value is -1.58. The lowest BCUT2D eigenvalue weighted by Crippen LogP contribution is -2.15. The molecule has 0 spiro atoms. The molecule has 3 fully saturated rings. The monoisotopic (exact) mass is 350 g/mol. The standard InChI is InChI=1S/C10H16.C6H10O2.C5H8O2/c1-2-9-7-4-5-8(6-7)10(9)3-1;1-4-8-6(7)5(2)3;1-3-5(6)7-4-2/h7-10H,1-6H2;2,4H2,1,3H3;3H,1,4H2,2H3. The van der Waals surface area contributed by atoms with Crippen molar-refractivity contribution in [2.24, 2.45) is 23.7 Å². The SMILES string of the molecule is C1CC2C3CCC(C3)C2C1.C=C(C)C(=O)OCC.C=CC(=O)OCC. The van der Waals surface area contributed by atoms with Crippen molar-refractivity contribution < 1.29 is 19.1 Å². The fourth-order valence-electron chi connectivity index (χ4n) is 4.47. The molecule has 4 unspecified atom stereocenters. The molecule has 0 heterocycles. The van der Waals surface area contributed by atoms with Crippen LogP contribution in [0.5, 0.6) is 0 Å². The number of hydrogen-bond acceptors (Lipinski definition) is 4. The summed E-state index contributed by atoms with van der Waals surface area (Å²) in [6.07, 6.45) is 10.7. The van der Waals surface area contributed by atoms with Gasteiger partial charge in [-0.3, -0.25) is 0 Å². The highest BCUT2D eigenvalue weighted by Crippen LogP contribution is 2.58. The molecule has 0 aromatic rings. The molecule has 4 heteroatoms. The lowest BCUT2D eigenvalue weighted by atomic mass is 9.82. The van der Waals surface area contributed by atoms with Crippen LogP contribution < -0.4 is 0 Å². The Morgan fingerprint density at radius 3 is 1.84 bits per heavy atom. The minimum atomic E-state index is -0.359. The van der Waals surface area contributed by atoms with Crippen LogP contribution in [0.15, 0.2) is 24.8 Å². The van der Waals surface area contributed by atoms with Gasteiger partial charge in [0.05, 0.1) is 13.2 Å². The van der Waals surface area contributed by atoms with Crippen LogP contribution in [-0.4, -0.2) is 25.2 Å². The summed E-state index contributed by atoms with van der Waals surface area (Å²) in [5.74, 6) is 4.13. The maximum atomic E-state index is 10.4. The number of carbonyl (C=O) groups excluding carboxylic acids is 2. The Balaban J connectivity index is 0.000000193. The van der Waals surface area contributed by atoms with E-state index < -0.39 is 0 Å². The summed E-state index contributed by atoms with van der Waals surface area (Å²) in [4.78, 5) is 20.5. The maximum absolute atomic E-state index is 10.4. The number of rotatable bonds is 4. The normalized spacial score (nSPS) is 27.8. The average Bonchev–Trinajstić information content (AvgIpc) is 3.30. The first kappa shape index (κ1) is 21.5. The number of ether oxygens (including phenoxy) is 2. The van der Waals surface area contributed by atoms with E-state index in [4.69, 9.17) is 0 Å². The first-order chi connectivity index (χ1) is 11.9. The molecule has 0 saturated heterocycles. The predicted octanol–water partition coefficient (Wildman–Crippen LogP) is 4.69. The van der Waals surface area contributed by atoms with E-state index in [0.717, 1.165) is 6.08 Å². The Labute approximate surface area is 152 Å². The van der Waals surface area contributed by atoms with Gasteiger partial charge in [-0.1, -0.05) is 19.6 Å². The van der Waals surface area contributed by atoms with Crippen molar-refractivity contribution >= 4 is 11.9 Å². The molecule has 0 aromatic carbocycles. The molecule has 4 nitrogen and oxygen atoms in total. The first-order valence-corrected chi connectivity index (χ1v) is 9.56. The minimum Gasteiger partial charge on any atom is -0.463 e. The van der Waals surface area contributed by atoms with Crippen LogP contribution in [-0.2, 0) is 19.1 Å². The van der Waals surface area contributed by atoms with Crippen molar-refractivity contribution in [3.8, 4) is 0 Å². The van der Waals surface area contributed by atoms with Crippen LogP contribution in [0.3, 0.4) is 0 Å². The highest BCUT2D eigenvalue weighted by Gasteiger charge is 2.48. The smallest absolute Gasteiger partial charge is 0.333 e. The Morgan fingerprint density at radius 1 is 1.00 bits per heavy atom. The van der Waals surface area contributed by atoms with Crippen molar-refractivity contribution in [1.82, 2.24) is 0 Å². The van der Waals surface area contributed by atoms with Gasteiger partial charge in [0.25, 0.3) is 0 Å². The molecule has 25 heavy (non-hydrogen) atoms. The Bertz CT molecular complexity index is 453. The van der Waals surface area contributed by atoms with E-state index in [1.54, 1.807) is 59.3 Å². The van der Waals surface area contributed by atoms with E-state index in [9.17, 15) is 9.59 Å². The van der Waals surface area contributed by atoms with Crippen molar-refractivity contribution in [3.63, 3.8) is 0 Å². The van der Waals surface area contributed by atoms with Crippen LogP contribution in [0.4, 0.5) is 0 Å². The summed E-state index contributed by atoms with van der Waals surface area (Å²) in [5, 5.41) is 0. The molecule has 3 aliphatic rings. The van der Waals surface area contributed by atoms with Gasteiger partial charge in [0.1, 0.15) is 0 Å². The van der Waals surface area contributed by atoms with E-state index in [0.29, 0.717) is 18.8 Å². The molecule has 0 aliphatic heterocycles. The third-order valence-electron chi connectivity index (χ3n) is 5.43. The van der Waals surface area contributed by atoms with Crippen molar-refractivity contribution in [2.75, 3.05) is 13.2 Å². The van der Waals surface area contributed by atoms with Crippen molar-refractivity contribution in [1.29, 1.82) is 0 Å². The zero-order valence-corrected chi connectivity index (χ0v) is 16.1. The fourth-order valence-corrected chi connectivity index (χ4v) is 4.47. The molecule has 3 rings (SSSR count). The third-order valence-corrected chi connectivity index (χ3v) is 5.43. The molecule has 142 valence electrons. The highest BCUT2D eigenvalue weighted by molar-refractivity contribution is 5.86. The van der Waals surface area contributed by atoms with Crippen LogP contribution >= 0.6 is 0 Å². The second-order valence-corrected chi connectivity index (χ2v) is 7.05. The molecule has 0 aromatic heterocycles. The minimum absolute atomic E-state index is 0.312. The van der Waals surface area contributed by atoms with E-state index >= 15 is 0 Å². The first-order valence-electron chi connectivity index (χ1n) is 9.56. The molecule has 0 N–H and O–H groups in total. The van der Waals surface area contributed by atoms with Gasteiger partial charge in [0.2, 0.25) is 0 Å². The Kier molecular flexibility index (Phi) is 9.54. The second-order valence-electron chi connectivity index (χ2n) is 7.05. The summed E-state index contributed by atoms with van der Waals surface area (Å²) in [7, 11) is 0. The number of esters is 2. The van der Waals surface area contributed by atoms with E-state index in [-0.39, 0.29) is 11.9 Å². The van der Waals surface area contributed by atoms with Gasteiger partial charge in [-0.25, -0.2) is 9.59 Å². The van der Waals surface area contributed by atoms with Crippen molar-refractivity contribution in [2.45, 2.75) is 59.3 Å². The lowest BCUT2D eigenvalue weighted by Gasteiger charge is -2.23. The summed E-state index contributed by atoms with van der Waals surface area (Å²) >= 11 is 0. The number of fused-ring (bicyclic) bond motifs is 5. The molecule has 0 radical (unpaired) electrons. The molecule has 4 atom stereocenters. The molecule has 3 aliphatic carbocycles. The molecular formula is C21H34O4. The van der Waals surface area contributed by atoms with E-state index in [2.05, 4.69) is 22.6 Å². The van der Waals surface area contributed by atoms with Gasteiger partial charge in [0.15, 0.2) is 0 Å². The second kappa shape index (κ2) is 11.1. The quantitative estimate of drug-likeness (QED) is 0.545. The van der Waals surface area contributed by atoms with Gasteiger partial charge < -0.3 is 9.47 Å². The summed E-state index contributed by atoms with van der Waals surface area (Å²) in [6, 6.07) is 0. The fraction of sp³-hybridized carbons (Fsp3) is 0.714. The third kappa shape index (κ3) is 6.68. The van der Waals surface area contributed by atoms with E-state index in [1.807, 2.05) is 0 Å². The topological polar surface area (TPSA) is 52.6 Å². The van der Waals surface area contributed by atoms with Crippen LogP contribution in [0.2, 0.25) is 0 Å². The van der Waals surface area contributed by atoms with Gasteiger partial charge >= 0.3 is 11.9 Å². The average molecular weight is 350 g/mol. The highest BCUT2D eigenvalue weighted by atomic mass is 16.5. The molecule has 0 amide bonds. The summed E-state index contributed by atoms with van der Waals surface area (Å²) in [5.41, 5.74) is 0.451. The number of carbonyl (C=O) groups is 2. The van der Waals surface area contributed by atoms with Gasteiger partial charge in [0, 0.05) is 11.6 Å². The molecule has 3 saturated carbocycles. The van der Waals surface area contributed by atoms with Crippen LogP contribution in [0, 0.1) is 23.7 Å². The van der Waals surface area contributed by atoms with Gasteiger partial charge in [-0.15, -0.1) is 0 Å². The summed E-state index contributed by atoms with van der Waals surface area (Å²) < 4.78 is 9.00. The molecule has 2 bridgehead atoms. The lowest BCUT2D eigenvalue weighted by molar-refractivity contribution is -0.138. The summed E-state index contributed by atoms with van der Waals surface area (Å²) in [6.45, 7) is 12.6. The number of hydrogen-bond donors (Lipinski definition) is 0. The van der Waals surface area contributed by atoms with Crippen LogP contribution in [0.1, 0.15) is 59.3 Å². The maximum Gasteiger partial charge on any atom is 0.333 e. The molecular weight excluding hydrogens is 316 g/mol. The van der Waals surface area contributed by atoms with Gasteiger partial charge in [-0.05, 0) is 76.5 Å². The zero-order chi connectivity index (χ0) is 18.8. The van der Waals surface area contributed by atoms with Gasteiger partial charge in [-0.2, -0.15) is 0 Å².